The topological polar surface area (TPSA) is 69.9 Å². The predicted molar refractivity (Wildman–Crippen MR) is 281 cm³/mol. The Morgan fingerprint density at radius 1 is 0.290 bits per heavy atom. The molecule has 0 saturated heterocycles. The van der Waals surface area contributed by atoms with Gasteiger partial charge in [0, 0.05) is 43.4 Å². The molecule has 6 nitrogen and oxygen atoms in total. The summed E-state index contributed by atoms with van der Waals surface area (Å²) in [5, 5.41) is 6.48. The standard InChI is InChI=1S/C63H38N4O2/c1-4-15-39(16-5-1)41-27-29-43(30-28-41)62-64-61(42-19-8-3-9-20-42)65-63(66-62)50-24-14-23-48-52-38-45(32-36-57(52)68-59(48)50)46-33-35-55(60-58(46)49-22-11-13-26-56(49)69-60)67-53-25-12-10-21-47(53)51-37-44(31-34-54(51)67)40-17-6-2-7-18-40/h1-38H. The molecule has 0 unspecified atom stereocenters. The molecule has 0 bridgehead atoms. The molecule has 14 aromatic rings. The van der Waals surface area contributed by atoms with Gasteiger partial charge < -0.3 is 13.4 Å². The van der Waals surface area contributed by atoms with Crippen molar-refractivity contribution < 1.29 is 8.83 Å². The zero-order chi connectivity index (χ0) is 45.4. The quantitative estimate of drug-likeness (QED) is 0.159. The smallest absolute Gasteiger partial charge is 0.167 e. The van der Waals surface area contributed by atoms with Crippen LogP contribution in [-0.4, -0.2) is 19.5 Å². The van der Waals surface area contributed by atoms with E-state index < -0.39 is 0 Å². The number of nitrogens with zero attached hydrogens (tertiary/aromatic N) is 4. The van der Waals surface area contributed by atoms with Crippen LogP contribution >= 0.6 is 0 Å². The highest BCUT2D eigenvalue weighted by molar-refractivity contribution is 6.18. The lowest BCUT2D eigenvalue weighted by atomic mass is 9.97. The molecule has 10 aromatic carbocycles. The first-order valence-corrected chi connectivity index (χ1v) is 23.2. The van der Waals surface area contributed by atoms with Crippen molar-refractivity contribution in [2.24, 2.45) is 0 Å². The van der Waals surface area contributed by atoms with Gasteiger partial charge in [0.25, 0.3) is 0 Å². The van der Waals surface area contributed by atoms with Crippen LogP contribution in [0.25, 0.3) is 139 Å². The third kappa shape index (κ3) is 6.38. The van der Waals surface area contributed by atoms with Gasteiger partial charge in [-0.3, -0.25) is 0 Å². The Balaban J connectivity index is 0.917. The van der Waals surface area contributed by atoms with Crippen LogP contribution in [0.2, 0.25) is 0 Å². The second-order valence-electron chi connectivity index (χ2n) is 17.5. The first kappa shape index (κ1) is 38.8. The minimum absolute atomic E-state index is 0.541. The maximum Gasteiger partial charge on any atom is 0.167 e. The summed E-state index contributed by atoms with van der Waals surface area (Å²) in [6.07, 6.45) is 0. The molecule has 0 aliphatic heterocycles. The second-order valence-corrected chi connectivity index (χ2v) is 17.5. The Bertz CT molecular complexity index is 4290. The zero-order valence-corrected chi connectivity index (χ0v) is 37.0. The average molecular weight is 883 g/mol. The molecule has 0 aliphatic carbocycles. The molecule has 0 amide bonds. The molecule has 4 aromatic heterocycles. The van der Waals surface area contributed by atoms with Crippen LogP contribution in [0.1, 0.15) is 0 Å². The van der Waals surface area contributed by atoms with E-state index in [4.69, 9.17) is 23.8 Å². The molecule has 14 rings (SSSR count). The molecule has 6 heteroatoms. The molecule has 0 fully saturated rings. The van der Waals surface area contributed by atoms with Crippen LogP contribution in [0, 0.1) is 0 Å². The van der Waals surface area contributed by atoms with Crippen LogP contribution in [0.5, 0.6) is 0 Å². The first-order chi connectivity index (χ1) is 34.2. The van der Waals surface area contributed by atoms with Crippen molar-refractivity contribution in [1.82, 2.24) is 19.5 Å². The number of aromatic nitrogens is 4. The molecule has 0 atom stereocenters. The fourth-order valence-electron chi connectivity index (χ4n) is 10.2. The summed E-state index contributed by atoms with van der Waals surface area (Å²) in [5.74, 6) is 1.72. The van der Waals surface area contributed by atoms with Gasteiger partial charge in [-0.1, -0.05) is 182 Å². The normalized spacial score (nSPS) is 11.8. The predicted octanol–water partition coefficient (Wildman–Crippen LogP) is 16.8. The fraction of sp³-hybridized carbons (Fsp3) is 0. The van der Waals surface area contributed by atoms with Crippen molar-refractivity contribution in [3.8, 4) is 73.2 Å². The Hall–Kier alpha value is -9.39. The van der Waals surface area contributed by atoms with E-state index in [9.17, 15) is 0 Å². The van der Waals surface area contributed by atoms with Crippen LogP contribution in [-0.2, 0) is 0 Å². The molecule has 0 radical (unpaired) electrons. The summed E-state index contributed by atoms with van der Waals surface area (Å²) in [5.41, 5.74) is 15.8. The van der Waals surface area contributed by atoms with Gasteiger partial charge in [-0.05, 0) is 81.9 Å². The highest BCUT2D eigenvalue weighted by Gasteiger charge is 2.23. The summed E-state index contributed by atoms with van der Waals surface area (Å²) in [6.45, 7) is 0. The van der Waals surface area contributed by atoms with Gasteiger partial charge in [-0.15, -0.1) is 0 Å². The van der Waals surface area contributed by atoms with Gasteiger partial charge in [0.05, 0.1) is 22.3 Å². The van der Waals surface area contributed by atoms with Crippen LogP contribution in [0.4, 0.5) is 0 Å². The third-order valence-electron chi connectivity index (χ3n) is 13.5. The monoisotopic (exact) mass is 882 g/mol. The van der Waals surface area contributed by atoms with Crippen LogP contribution in [0.3, 0.4) is 0 Å². The first-order valence-electron chi connectivity index (χ1n) is 23.2. The fourth-order valence-corrected chi connectivity index (χ4v) is 10.2. The van der Waals surface area contributed by atoms with Crippen molar-refractivity contribution in [3.63, 3.8) is 0 Å². The number of hydrogen-bond acceptors (Lipinski definition) is 5. The Morgan fingerprint density at radius 2 is 0.812 bits per heavy atom. The van der Waals surface area contributed by atoms with Crippen molar-refractivity contribution in [2.75, 3.05) is 0 Å². The van der Waals surface area contributed by atoms with Gasteiger partial charge in [-0.25, -0.2) is 15.0 Å². The largest absolute Gasteiger partial charge is 0.455 e. The van der Waals surface area contributed by atoms with E-state index >= 15 is 0 Å². The Morgan fingerprint density at radius 3 is 1.58 bits per heavy atom. The summed E-state index contributed by atoms with van der Waals surface area (Å²) in [4.78, 5) is 15.2. The van der Waals surface area contributed by atoms with Crippen molar-refractivity contribution >= 4 is 65.7 Å². The molecule has 69 heavy (non-hydrogen) atoms. The third-order valence-corrected chi connectivity index (χ3v) is 13.5. The average Bonchev–Trinajstić information content (AvgIpc) is 4.11. The second kappa shape index (κ2) is 15.6. The summed E-state index contributed by atoms with van der Waals surface area (Å²) in [7, 11) is 0. The molecule has 0 spiro atoms. The minimum atomic E-state index is 0.541. The van der Waals surface area contributed by atoms with Crippen LogP contribution < -0.4 is 0 Å². The molecular formula is C63H38N4O2. The van der Waals surface area contributed by atoms with Gasteiger partial charge >= 0.3 is 0 Å². The van der Waals surface area contributed by atoms with E-state index in [2.05, 4.69) is 187 Å². The SMILES string of the molecule is c1ccc(-c2ccc(-c3nc(-c4ccccc4)nc(-c4cccc5c4oc4ccc(-c6ccc(-n7c8ccccc8c8cc(-c9ccccc9)ccc87)c7oc8ccccc8c67)cc45)n3)cc2)cc1. The molecular weight excluding hydrogens is 845 g/mol. The van der Waals surface area contributed by atoms with Crippen molar-refractivity contribution in [3.05, 3.63) is 231 Å². The minimum Gasteiger partial charge on any atom is -0.455 e. The number of para-hydroxylation sites is 3. The van der Waals surface area contributed by atoms with Crippen LogP contribution in [0.15, 0.2) is 239 Å². The maximum atomic E-state index is 6.92. The van der Waals surface area contributed by atoms with E-state index in [1.54, 1.807) is 0 Å². The number of fused-ring (bicyclic) bond motifs is 9. The van der Waals surface area contributed by atoms with Gasteiger partial charge in [0.15, 0.2) is 23.1 Å². The number of hydrogen-bond donors (Lipinski definition) is 0. The Kier molecular flexibility index (Phi) is 8.79. The van der Waals surface area contributed by atoms with Crippen molar-refractivity contribution in [1.29, 1.82) is 0 Å². The lowest BCUT2D eigenvalue weighted by Gasteiger charge is -2.12. The lowest BCUT2D eigenvalue weighted by Crippen LogP contribution is -2.00. The zero-order valence-electron chi connectivity index (χ0n) is 37.0. The maximum absolute atomic E-state index is 6.92. The molecule has 322 valence electrons. The highest BCUT2D eigenvalue weighted by Crippen LogP contribution is 2.45. The molecule has 4 heterocycles. The summed E-state index contributed by atoms with van der Waals surface area (Å²) < 4.78 is 16.1. The number of furan rings is 2. The molecule has 0 N–H and O–H groups in total. The van der Waals surface area contributed by atoms with E-state index in [-0.39, 0.29) is 0 Å². The molecule has 0 saturated carbocycles. The number of rotatable bonds is 7. The van der Waals surface area contributed by atoms with E-state index in [0.717, 1.165) is 99.5 Å². The van der Waals surface area contributed by atoms with E-state index in [0.29, 0.717) is 17.5 Å². The van der Waals surface area contributed by atoms with Gasteiger partial charge in [-0.2, -0.15) is 0 Å². The lowest BCUT2D eigenvalue weighted by molar-refractivity contribution is 0.666. The number of benzene rings is 10. The molecule has 0 aliphatic rings. The van der Waals surface area contributed by atoms with Gasteiger partial charge in [0.2, 0.25) is 0 Å². The summed E-state index contributed by atoms with van der Waals surface area (Å²) in [6, 6.07) is 80.4. The van der Waals surface area contributed by atoms with Gasteiger partial charge in [0.1, 0.15) is 16.7 Å². The summed E-state index contributed by atoms with van der Waals surface area (Å²) >= 11 is 0. The van der Waals surface area contributed by atoms with E-state index in [1.165, 1.54) is 21.9 Å². The highest BCUT2D eigenvalue weighted by atomic mass is 16.3. The van der Waals surface area contributed by atoms with E-state index in [1.807, 2.05) is 48.5 Å². The Labute approximate surface area is 396 Å². The van der Waals surface area contributed by atoms with Crippen molar-refractivity contribution in [2.45, 2.75) is 0 Å².